The van der Waals surface area contributed by atoms with Crippen molar-refractivity contribution in [2.45, 2.75) is 25.8 Å². The zero-order valence-electron chi connectivity index (χ0n) is 6.21. The van der Waals surface area contributed by atoms with Crippen LogP contribution in [0.25, 0.3) is 0 Å². The third-order valence-corrected chi connectivity index (χ3v) is 2.47. The van der Waals surface area contributed by atoms with Crippen molar-refractivity contribution in [1.82, 2.24) is 0 Å². The maximum absolute atomic E-state index is 5.77. The minimum absolute atomic E-state index is 0.346. The Morgan fingerprint density at radius 3 is 3.00 bits per heavy atom. The smallest absolute Gasteiger partial charge is 0.00845 e. The molecule has 1 heterocycles. The van der Waals surface area contributed by atoms with Crippen LogP contribution in [0.5, 0.6) is 0 Å². The lowest BCUT2D eigenvalue weighted by Gasteiger charge is -2.04. The third-order valence-electron chi connectivity index (χ3n) is 1.57. The molecule has 1 aromatic rings. The Kier molecular flexibility index (Phi) is 2.90. The van der Waals surface area contributed by atoms with Crippen LogP contribution in [0.3, 0.4) is 0 Å². The first-order chi connectivity index (χ1) is 4.83. The summed E-state index contributed by atoms with van der Waals surface area (Å²) in [7, 11) is 0. The Balaban J connectivity index is 2.40. The average Bonchev–Trinajstić information content (AvgIpc) is 2.40. The van der Waals surface area contributed by atoms with Crippen LogP contribution in [0, 0.1) is 0 Å². The van der Waals surface area contributed by atoms with E-state index in [-0.39, 0.29) is 0 Å². The molecule has 0 bridgehead atoms. The minimum atomic E-state index is 0.346. The molecule has 2 heteroatoms. The van der Waals surface area contributed by atoms with E-state index in [2.05, 4.69) is 24.4 Å². The summed E-state index contributed by atoms with van der Waals surface area (Å²) in [6.07, 6.45) is 2.10. The van der Waals surface area contributed by atoms with E-state index >= 15 is 0 Å². The molecule has 0 aromatic carbocycles. The second-order valence-corrected chi connectivity index (χ2v) is 3.48. The highest BCUT2D eigenvalue weighted by Gasteiger charge is 2.00. The van der Waals surface area contributed by atoms with Gasteiger partial charge in [-0.05, 0) is 24.3 Å². The zero-order chi connectivity index (χ0) is 7.40. The van der Waals surface area contributed by atoms with Crippen LogP contribution in [0.4, 0.5) is 0 Å². The van der Waals surface area contributed by atoms with Crippen molar-refractivity contribution in [3.63, 3.8) is 0 Å². The van der Waals surface area contributed by atoms with E-state index in [0.29, 0.717) is 6.04 Å². The molecule has 0 aliphatic heterocycles. The first-order valence-electron chi connectivity index (χ1n) is 3.61. The van der Waals surface area contributed by atoms with Crippen molar-refractivity contribution >= 4 is 11.3 Å². The fraction of sp³-hybridized carbons (Fsp3) is 0.500. The van der Waals surface area contributed by atoms with Gasteiger partial charge in [0, 0.05) is 10.9 Å². The normalized spacial score (nSPS) is 13.4. The molecular weight excluding hydrogens is 142 g/mol. The van der Waals surface area contributed by atoms with Crippen LogP contribution >= 0.6 is 11.3 Å². The first-order valence-corrected chi connectivity index (χ1v) is 4.49. The molecule has 0 amide bonds. The van der Waals surface area contributed by atoms with E-state index < -0.39 is 0 Å². The van der Waals surface area contributed by atoms with Gasteiger partial charge in [-0.15, -0.1) is 11.3 Å². The molecule has 1 rings (SSSR count). The SMILES string of the molecule is CC[C@@H](N)Cc1cccs1. The predicted octanol–water partition coefficient (Wildman–Crippen LogP) is 2.03. The number of hydrogen-bond donors (Lipinski definition) is 1. The van der Waals surface area contributed by atoms with Gasteiger partial charge in [-0.1, -0.05) is 13.0 Å². The van der Waals surface area contributed by atoms with Crippen molar-refractivity contribution in [2.75, 3.05) is 0 Å². The minimum Gasteiger partial charge on any atom is -0.327 e. The molecule has 10 heavy (non-hydrogen) atoms. The molecular formula is C8H13NS. The molecule has 1 aromatic heterocycles. The second-order valence-electron chi connectivity index (χ2n) is 2.45. The molecule has 2 N–H and O–H groups in total. The maximum atomic E-state index is 5.77. The van der Waals surface area contributed by atoms with Crippen molar-refractivity contribution in [3.8, 4) is 0 Å². The van der Waals surface area contributed by atoms with Gasteiger partial charge in [-0.3, -0.25) is 0 Å². The Bertz CT molecular complexity index is 169. The van der Waals surface area contributed by atoms with Gasteiger partial charge < -0.3 is 5.73 Å². The van der Waals surface area contributed by atoms with E-state index in [4.69, 9.17) is 5.73 Å². The molecule has 56 valence electrons. The Hall–Kier alpha value is -0.340. The summed E-state index contributed by atoms with van der Waals surface area (Å²) < 4.78 is 0. The summed E-state index contributed by atoms with van der Waals surface area (Å²) in [6, 6.07) is 4.56. The van der Waals surface area contributed by atoms with E-state index in [1.54, 1.807) is 11.3 Å². The summed E-state index contributed by atoms with van der Waals surface area (Å²) >= 11 is 1.79. The molecule has 0 spiro atoms. The number of thiophene rings is 1. The summed E-state index contributed by atoms with van der Waals surface area (Å²) in [5, 5.41) is 2.09. The summed E-state index contributed by atoms with van der Waals surface area (Å²) in [5.41, 5.74) is 5.77. The van der Waals surface area contributed by atoms with Crippen LogP contribution < -0.4 is 5.73 Å². The van der Waals surface area contributed by atoms with Crippen molar-refractivity contribution < 1.29 is 0 Å². The van der Waals surface area contributed by atoms with Crippen LogP contribution in [0.2, 0.25) is 0 Å². The van der Waals surface area contributed by atoms with Crippen molar-refractivity contribution in [2.24, 2.45) is 5.73 Å². The summed E-state index contributed by atoms with van der Waals surface area (Å²) in [6.45, 7) is 2.12. The van der Waals surface area contributed by atoms with Crippen molar-refractivity contribution in [3.05, 3.63) is 22.4 Å². The molecule has 1 atom stereocenters. The highest BCUT2D eigenvalue weighted by atomic mass is 32.1. The van der Waals surface area contributed by atoms with Gasteiger partial charge in [0.15, 0.2) is 0 Å². The fourth-order valence-electron chi connectivity index (χ4n) is 0.831. The van der Waals surface area contributed by atoms with Gasteiger partial charge in [0.05, 0.1) is 0 Å². The lowest BCUT2D eigenvalue weighted by molar-refractivity contribution is 0.652. The fourth-order valence-corrected chi connectivity index (χ4v) is 1.63. The van der Waals surface area contributed by atoms with E-state index in [9.17, 15) is 0 Å². The molecule has 0 fully saturated rings. The number of nitrogens with two attached hydrogens (primary N) is 1. The van der Waals surface area contributed by atoms with Gasteiger partial charge in [0.25, 0.3) is 0 Å². The summed E-state index contributed by atoms with van der Waals surface area (Å²) in [4.78, 5) is 1.40. The van der Waals surface area contributed by atoms with Gasteiger partial charge in [0.2, 0.25) is 0 Å². The largest absolute Gasteiger partial charge is 0.327 e. The molecule has 0 aliphatic carbocycles. The van der Waals surface area contributed by atoms with E-state index in [1.165, 1.54) is 4.88 Å². The lowest BCUT2D eigenvalue weighted by atomic mass is 10.1. The third kappa shape index (κ3) is 2.12. The zero-order valence-corrected chi connectivity index (χ0v) is 7.03. The van der Waals surface area contributed by atoms with Gasteiger partial charge in [-0.2, -0.15) is 0 Å². The molecule has 1 nitrogen and oxygen atoms in total. The molecule has 0 aliphatic rings. The van der Waals surface area contributed by atoms with Crippen LogP contribution in [-0.2, 0) is 6.42 Å². The number of hydrogen-bond acceptors (Lipinski definition) is 2. The molecule has 0 saturated heterocycles. The Labute approximate surface area is 65.9 Å². The molecule has 0 unspecified atom stereocenters. The van der Waals surface area contributed by atoms with Crippen molar-refractivity contribution in [1.29, 1.82) is 0 Å². The van der Waals surface area contributed by atoms with E-state index in [0.717, 1.165) is 12.8 Å². The molecule has 0 saturated carbocycles. The quantitative estimate of drug-likeness (QED) is 0.710. The first kappa shape index (κ1) is 7.76. The van der Waals surface area contributed by atoms with Gasteiger partial charge >= 0.3 is 0 Å². The lowest BCUT2D eigenvalue weighted by Crippen LogP contribution is -2.20. The topological polar surface area (TPSA) is 26.0 Å². The Morgan fingerprint density at radius 2 is 2.50 bits per heavy atom. The predicted molar refractivity (Wildman–Crippen MR) is 46.3 cm³/mol. The highest BCUT2D eigenvalue weighted by Crippen LogP contribution is 2.10. The monoisotopic (exact) mass is 155 g/mol. The van der Waals surface area contributed by atoms with E-state index in [1.807, 2.05) is 0 Å². The van der Waals surface area contributed by atoms with Crippen LogP contribution in [-0.4, -0.2) is 6.04 Å². The van der Waals surface area contributed by atoms with Crippen LogP contribution in [0.15, 0.2) is 17.5 Å². The highest BCUT2D eigenvalue weighted by molar-refractivity contribution is 7.09. The average molecular weight is 155 g/mol. The van der Waals surface area contributed by atoms with Crippen LogP contribution in [0.1, 0.15) is 18.2 Å². The van der Waals surface area contributed by atoms with Gasteiger partial charge in [0.1, 0.15) is 0 Å². The maximum Gasteiger partial charge on any atom is 0.00845 e. The van der Waals surface area contributed by atoms with Gasteiger partial charge in [-0.25, -0.2) is 0 Å². The standard InChI is InChI=1S/C8H13NS/c1-2-7(9)6-8-4-3-5-10-8/h3-5,7H,2,6,9H2,1H3/t7-/m1/s1. The molecule has 0 radical (unpaired) electrons. The Morgan fingerprint density at radius 1 is 1.70 bits per heavy atom. The second kappa shape index (κ2) is 3.74. The summed E-state index contributed by atoms with van der Waals surface area (Å²) in [5.74, 6) is 0. The number of rotatable bonds is 3.